The maximum absolute atomic E-state index is 13.4. The van der Waals surface area contributed by atoms with Crippen molar-refractivity contribution in [3.63, 3.8) is 0 Å². The van der Waals surface area contributed by atoms with Crippen molar-refractivity contribution < 1.29 is 17.9 Å². The van der Waals surface area contributed by atoms with Crippen LogP contribution in [0.4, 0.5) is 11.4 Å². The van der Waals surface area contributed by atoms with Crippen LogP contribution in [0.3, 0.4) is 0 Å². The Labute approximate surface area is 220 Å². The Morgan fingerprint density at radius 3 is 2.08 bits per heavy atom. The Bertz CT molecular complexity index is 1430. The number of carbonyl (C=O) groups is 1. The second kappa shape index (κ2) is 11.5. The van der Waals surface area contributed by atoms with Crippen LogP contribution in [0.1, 0.15) is 5.56 Å². The van der Waals surface area contributed by atoms with Crippen LogP contribution in [-0.2, 0) is 21.4 Å². The first-order valence-corrected chi connectivity index (χ1v) is 13.1. The number of carbonyl (C=O) groups excluding carboxylic acids is 1. The van der Waals surface area contributed by atoms with Crippen LogP contribution >= 0.6 is 23.2 Å². The van der Waals surface area contributed by atoms with Gasteiger partial charge < -0.3 is 10.1 Å². The third kappa shape index (κ3) is 6.37. The highest BCUT2D eigenvalue weighted by molar-refractivity contribution is 7.92. The molecule has 184 valence electrons. The van der Waals surface area contributed by atoms with Gasteiger partial charge in [0.05, 0.1) is 20.6 Å². The molecule has 0 spiro atoms. The fraction of sp³-hybridized carbons (Fsp3) is 0.0741. The zero-order valence-electron chi connectivity index (χ0n) is 19.0. The molecule has 0 heterocycles. The zero-order valence-corrected chi connectivity index (χ0v) is 21.3. The summed E-state index contributed by atoms with van der Waals surface area (Å²) in [4.78, 5) is 13.0. The molecular weight excluding hydrogens is 519 g/mol. The van der Waals surface area contributed by atoms with Gasteiger partial charge in [-0.25, -0.2) is 8.42 Å². The molecule has 0 unspecified atom stereocenters. The van der Waals surface area contributed by atoms with Crippen molar-refractivity contribution in [1.82, 2.24) is 0 Å². The van der Waals surface area contributed by atoms with Crippen LogP contribution in [0.15, 0.2) is 108 Å². The molecular formula is C27H22Cl2N2O4S. The predicted molar refractivity (Wildman–Crippen MR) is 143 cm³/mol. The molecule has 1 amide bonds. The highest BCUT2D eigenvalue weighted by atomic mass is 35.5. The van der Waals surface area contributed by atoms with Gasteiger partial charge >= 0.3 is 0 Å². The van der Waals surface area contributed by atoms with Gasteiger partial charge in [-0.2, -0.15) is 0 Å². The lowest BCUT2D eigenvalue weighted by Gasteiger charge is -2.24. The number of hydrogen-bond acceptors (Lipinski definition) is 4. The Balaban J connectivity index is 1.49. The quantitative estimate of drug-likeness (QED) is 0.266. The minimum Gasteiger partial charge on any atom is -0.489 e. The molecule has 0 atom stereocenters. The maximum Gasteiger partial charge on any atom is 0.264 e. The number of halogens is 2. The lowest BCUT2D eigenvalue weighted by atomic mass is 10.2. The van der Waals surface area contributed by atoms with Crippen molar-refractivity contribution >= 4 is 50.5 Å². The first-order chi connectivity index (χ1) is 17.3. The van der Waals surface area contributed by atoms with E-state index in [0.29, 0.717) is 18.0 Å². The molecule has 1 N–H and O–H groups in total. The van der Waals surface area contributed by atoms with Crippen LogP contribution in [0.5, 0.6) is 5.75 Å². The molecule has 0 aromatic heterocycles. The van der Waals surface area contributed by atoms with E-state index in [-0.39, 0.29) is 20.6 Å². The topological polar surface area (TPSA) is 75.7 Å². The molecule has 0 aliphatic heterocycles. The van der Waals surface area contributed by atoms with Crippen LogP contribution in [0.2, 0.25) is 10.0 Å². The van der Waals surface area contributed by atoms with Gasteiger partial charge in [0.1, 0.15) is 18.9 Å². The van der Waals surface area contributed by atoms with E-state index in [1.807, 2.05) is 30.3 Å². The number of nitrogens with zero attached hydrogens (tertiary/aromatic N) is 1. The molecule has 36 heavy (non-hydrogen) atoms. The largest absolute Gasteiger partial charge is 0.489 e. The molecule has 0 aliphatic rings. The van der Waals surface area contributed by atoms with Crippen LogP contribution in [-0.4, -0.2) is 20.9 Å². The highest BCUT2D eigenvalue weighted by Gasteiger charge is 2.27. The van der Waals surface area contributed by atoms with Gasteiger partial charge in [0.15, 0.2) is 0 Å². The normalized spacial score (nSPS) is 11.1. The first-order valence-electron chi connectivity index (χ1n) is 10.9. The number of anilines is 2. The number of amides is 1. The summed E-state index contributed by atoms with van der Waals surface area (Å²) in [6, 6.07) is 28.9. The second-order valence-corrected chi connectivity index (χ2v) is 10.4. The summed E-state index contributed by atoms with van der Waals surface area (Å²) in [6.45, 7) is -0.0516. The van der Waals surface area contributed by atoms with E-state index < -0.39 is 22.5 Å². The van der Waals surface area contributed by atoms with Crippen LogP contribution in [0, 0.1) is 0 Å². The summed E-state index contributed by atoms with van der Waals surface area (Å²) >= 11 is 12.1. The lowest BCUT2D eigenvalue weighted by molar-refractivity contribution is -0.114. The van der Waals surface area contributed by atoms with Crippen LogP contribution in [0.25, 0.3) is 0 Å². The molecule has 0 bridgehead atoms. The Kier molecular flexibility index (Phi) is 8.15. The van der Waals surface area contributed by atoms with E-state index in [2.05, 4.69) is 5.32 Å². The van der Waals surface area contributed by atoms with Crippen molar-refractivity contribution in [3.05, 3.63) is 119 Å². The summed E-state index contributed by atoms with van der Waals surface area (Å²) in [6.07, 6.45) is 0. The smallest absolute Gasteiger partial charge is 0.264 e. The van der Waals surface area contributed by atoms with E-state index in [0.717, 1.165) is 9.87 Å². The third-order valence-corrected chi connectivity index (χ3v) is 7.72. The predicted octanol–water partition coefficient (Wildman–Crippen LogP) is 6.41. The molecule has 4 aromatic carbocycles. The Morgan fingerprint density at radius 2 is 1.44 bits per heavy atom. The fourth-order valence-corrected chi connectivity index (χ4v) is 5.11. The average Bonchev–Trinajstić information content (AvgIpc) is 2.89. The molecule has 4 aromatic rings. The number of ether oxygens (including phenoxy) is 1. The summed E-state index contributed by atoms with van der Waals surface area (Å²) in [7, 11) is -4.06. The molecule has 6 nitrogen and oxygen atoms in total. The van der Waals surface area contributed by atoms with E-state index in [4.69, 9.17) is 27.9 Å². The van der Waals surface area contributed by atoms with Gasteiger partial charge in [-0.15, -0.1) is 0 Å². The minimum atomic E-state index is -4.06. The number of rotatable bonds is 9. The first kappa shape index (κ1) is 25.6. The standard InChI is InChI=1S/C27H22Cl2N2O4S/c28-25-16-13-22(17-26(25)29)31(36(33,34)24-9-5-2-6-10-24)18-27(32)30-21-11-14-23(15-12-21)35-19-20-7-3-1-4-8-20/h1-17H,18-19H2,(H,30,32). The van der Waals surface area contributed by atoms with Crippen molar-refractivity contribution in [2.45, 2.75) is 11.5 Å². The second-order valence-electron chi connectivity index (χ2n) is 7.77. The summed E-state index contributed by atoms with van der Waals surface area (Å²) in [5.74, 6) is 0.111. The zero-order chi connectivity index (χ0) is 25.5. The molecule has 0 aliphatic carbocycles. The summed E-state index contributed by atoms with van der Waals surface area (Å²) in [5.41, 5.74) is 1.75. The molecule has 0 radical (unpaired) electrons. The van der Waals surface area contributed by atoms with Gasteiger partial charge in [0, 0.05) is 5.69 Å². The van der Waals surface area contributed by atoms with E-state index in [9.17, 15) is 13.2 Å². The fourth-order valence-electron chi connectivity index (χ4n) is 3.38. The van der Waals surface area contributed by atoms with Crippen molar-refractivity contribution in [2.75, 3.05) is 16.2 Å². The number of nitrogens with one attached hydrogen (secondary N) is 1. The number of hydrogen-bond donors (Lipinski definition) is 1. The molecule has 0 saturated carbocycles. The van der Waals surface area contributed by atoms with Crippen molar-refractivity contribution in [3.8, 4) is 5.75 Å². The molecule has 9 heteroatoms. The van der Waals surface area contributed by atoms with Gasteiger partial charge in [-0.05, 0) is 60.2 Å². The molecule has 4 rings (SSSR count). The number of benzene rings is 4. The highest BCUT2D eigenvalue weighted by Crippen LogP contribution is 2.30. The van der Waals surface area contributed by atoms with Gasteiger partial charge in [0.2, 0.25) is 5.91 Å². The van der Waals surface area contributed by atoms with Crippen molar-refractivity contribution in [1.29, 1.82) is 0 Å². The lowest BCUT2D eigenvalue weighted by Crippen LogP contribution is -2.38. The Hall–Kier alpha value is -3.52. The molecule has 0 saturated heterocycles. The average molecular weight is 541 g/mol. The van der Waals surface area contributed by atoms with Gasteiger partial charge in [-0.3, -0.25) is 9.10 Å². The summed E-state index contributed by atoms with van der Waals surface area (Å²) in [5, 5.41) is 3.18. The SMILES string of the molecule is O=C(CN(c1ccc(Cl)c(Cl)c1)S(=O)(=O)c1ccccc1)Nc1ccc(OCc2ccccc2)cc1. The van der Waals surface area contributed by atoms with E-state index in [1.54, 1.807) is 42.5 Å². The minimum absolute atomic E-state index is 0.0452. The summed E-state index contributed by atoms with van der Waals surface area (Å²) < 4.78 is 33.6. The molecule has 0 fully saturated rings. The monoisotopic (exact) mass is 540 g/mol. The van der Waals surface area contributed by atoms with Gasteiger partial charge in [-0.1, -0.05) is 71.7 Å². The van der Waals surface area contributed by atoms with Crippen molar-refractivity contribution in [2.24, 2.45) is 0 Å². The number of sulfonamides is 1. The Morgan fingerprint density at radius 1 is 0.806 bits per heavy atom. The van der Waals surface area contributed by atoms with E-state index >= 15 is 0 Å². The van der Waals surface area contributed by atoms with E-state index in [1.165, 1.54) is 30.3 Å². The van der Waals surface area contributed by atoms with Crippen LogP contribution < -0.4 is 14.4 Å². The third-order valence-electron chi connectivity index (χ3n) is 5.20. The maximum atomic E-state index is 13.4. The van der Waals surface area contributed by atoms with Gasteiger partial charge in [0.25, 0.3) is 10.0 Å².